The molecule has 3 heterocycles. The molecule has 5 nitrogen and oxygen atoms in total. The zero-order chi connectivity index (χ0) is 14.8. The first-order valence-electron chi connectivity index (χ1n) is 6.77. The van der Waals surface area contributed by atoms with Gasteiger partial charge in [-0.3, -0.25) is 14.2 Å². The summed E-state index contributed by atoms with van der Waals surface area (Å²) in [5.41, 5.74) is -0.128. The fraction of sp³-hybridized carbons (Fsp3) is 0.357. The van der Waals surface area contributed by atoms with Gasteiger partial charge in [-0.2, -0.15) is 0 Å². The largest absolute Gasteiger partial charge is 0.347 e. The molecule has 1 amide bonds. The van der Waals surface area contributed by atoms with Gasteiger partial charge in [0.25, 0.3) is 11.5 Å². The number of thioether (sulfide) groups is 1. The Hall–Kier alpha value is -1.60. The lowest BCUT2D eigenvalue weighted by atomic mass is 10.3. The van der Waals surface area contributed by atoms with Crippen molar-refractivity contribution in [3.05, 3.63) is 44.0 Å². The molecule has 0 saturated carbocycles. The molecule has 2 aromatic rings. The minimum atomic E-state index is -0.355. The summed E-state index contributed by atoms with van der Waals surface area (Å²) in [5.74, 6) is 0.480. The van der Waals surface area contributed by atoms with E-state index in [2.05, 4.69) is 23.3 Å². The third kappa shape index (κ3) is 2.89. The molecular weight excluding hydrogens is 306 g/mol. The molecule has 0 aromatic carbocycles. The number of hydrogen-bond acceptors (Lipinski definition) is 5. The maximum absolute atomic E-state index is 12.2. The molecule has 3 rings (SSSR count). The lowest BCUT2D eigenvalue weighted by Gasteiger charge is -2.05. The molecule has 0 fully saturated rings. The van der Waals surface area contributed by atoms with Crippen LogP contribution in [0.25, 0.3) is 0 Å². The SMILES string of the molecule is CCc1ccc(CNC(=O)c2cnc3n(c2=O)CCS3)s1. The molecule has 0 radical (unpaired) electrons. The zero-order valence-electron chi connectivity index (χ0n) is 11.6. The molecule has 110 valence electrons. The summed E-state index contributed by atoms with van der Waals surface area (Å²) >= 11 is 3.22. The molecule has 1 N–H and O–H groups in total. The molecule has 7 heteroatoms. The van der Waals surface area contributed by atoms with Crippen molar-refractivity contribution in [1.29, 1.82) is 0 Å². The number of carbonyl (C=O) groups is 1. The Labute approximate surface area is 130 Å². The number of thiophene rings is 1. The van der Waals surface area contributed by atoms with Crippen LogP contribution in [-0.4, -0.2) is 21.2 Å². The maximum atomic E-state index is 12.2. The molecule has 1 aliphatic rings. The average molecular weight is 321 g/mol. The van der Waals surface area contributed by atoms with E-state index in [0.29, 0.717) is 18.2 Å². The highest BCUT2D eigenvalue weighted by molar-refractivity contribution is 7.99. The molecule has 21 heavy (non-hydrogen) atoms. The monoisotopic (exact) mass is 321 g/mol. The lowest BCUT2D eigenvalue weighted by molar-refractivity contribution is 0.0948. The lowest BCUT2D eigenvalue weighted by Crippen LogP contribution is -2.33. The molecule has 0 spiro atoms. The van der Waals surface area contributed by atoms with Gasteiger partial charge >= 0.3 is 0 Å². The number of nitrogens with one attached hydrogen (secondary N) is 1. The van der Waals surface area contributed by atoms with E-state index in [1.165, 1.54) is 22.8 Å². The second-order valence-electron chi connectivity index (χ2n) is 4.66. The van der Waals surface area contributed by atoms with Crippen LogP contribution in [0.1, 0.15) is 27.0 Å². The molecule has 2 aromatic heterocycles. The van der Waals surface area contributed by atoms with Gasteiger partial charge in [-0.25, -0.2) is 4.98 Å². The van der Waals surface area contributed by atoms with Crippen molar-refractivity contribution >= 4 is 29.0 Å². The number of rotatable bonds is 4. The van der Waals surface area contributed by atoms with Gasteiger partial charge in [-0.15, -0.1) is 11.3 Å². The Morgan fingerprint density at radius 2 is 2.24 bits per heavy atom. The third-order valence-corrected chi connectivity index (χ3v) is 5.49. The normalized spacial score (nSPS) is 13.2. The van der Waals surface area contributed by atoms with Crippen LogP contribution in [0, 0.1) is 0 Å². The van der Waals surface area contributed by atoms with Crippen molar-refractivity contribution in [2.75, 3.05) is 5.75 Å². The number of amides is 1. The molecule has 0 unspecified atom stereocenters. The number of fused-ring (bicyclic) bond motifs is 1. The van der Waals surface area contributed by atoms with Gasteiger partial charge in [0.15, 0.2) is 5.16 Å². The number of hydrogen-bond donors (Lipinski definition) is 1. The second-order valence-corrected chi connectivity index (χ2v) is 6.98. The summed E-state index contributed by atoms with van der Waals surface area (Å²) in [5, 5.41) is 3.49. The molecular formula is C14H15N3O2S2. The van der Waals surface area contributed by atoms with Crippen molar-refractivity contribution in [3.63, 3.8) is 0 Å². The van der Waals surface area contributed by atoms with Crippen LogP contribution >= 0.6 is 23.1 Å². The third-order valence-electron chi connectivity index (χ3n) is 3.29. The number of carbonyl (C=O) groups excluding carboxylic acids is 1. The summed E-state index contributed by atoms with van der Waals surface area (Å²) in [4.78, 5) is 30.9. The van der Waals surface area contributed by atoms with Gasteiger partial charge in [-0.05, 0) is 18.6 Å². The Bertz CT molecular complexity index is 736. The smallest absolute Gasteiger partial charge is 0.267 e. The van der Waals surface area contributed by atoms with E-state index < -0.39 is 0 Å². The molecule has 0 bridgehead atoms. The van der Waals surface area contributed by atoms with Crippen LogP contribution in [-0.2, 0) is 19.5 Å². The van der Waals surface area contributed by atoms with Crippen LogP contribution in [0.2, 0.25) is 0 Å². The van der Waals surface area contributed by atoms with E-state index in [1.807, 2.05) is 6.07 Å². The first kappa shape index (κ1) is 14.3. The molecule has 0 aliphatic carbocycles. The van der Waals surface area contributed by atoms with Gasteiger partial charge < -0.3 is 5.32 Å². The van der Waals surface area contributed by atoms with E-state index in [1.54, 1.807) is 15.9 Å². The number of nitrogens with zero attached hydrogens (tertiary/aromatic N) is 2. The summed E-state index contributed by atoms with van der Waals surface area (Å²) in [6.45, 7) is 3.17. The van der Waals surface area contributed by atoms with E-state index >= 15 is 0 Å². The van der Waals surface area contributed by atoms with Crippen molar-refractivity contribution < 1.29 is 4.79 Å². The van der Waals surface area contributed by atoms with Crippen LogP contribution in [0.4, 0.5) is 0 Å². The van der Waals surface area contributed by atoms with Gasteiger partial charge in [0.2, 0.25) is 0 Å². The second kappa shape index (κ2) is 6.03. The highest BCUT2D eigenvalue weighted by atomic mass is 32.2. The minimum absolute atomic E-state index is 0.119. The van der Waals surface area contributed by atoms with Crippen LogP contribution in [0.15, 0.2) is 28.3 Å². The fourth-order valence-electron chi connectivity index (χ4n) is 2.14. The Kier molecular flexibility index (Phi) is 4.12. The van der Waals surface area contributed by atoms with Gasteiger partial charge in [0, 0.05) is 28.2 Å². The highest BCUT2D eigenvalue weighted by Gasteiger charge is 2.19. The van der Waals surface area contributed by atoms with Crippen molar-refractivity contribution in [2.24, 2.45) is 0 Å². The Morgan fingerprint density at radius 3 is 3.00 bits per heavy atom. The standard InChI is InChI=1S/C14H15N3O2S2/c1-2-9-3-4-10(21-9)7-15-12(18)11-8-16-14-17(13(11)19)5-6-20-14/h3-4,8H,2,5-7H2,1H3,(H,15,18). The average Bonchev–Trinajstić information content (AvgIpc) is 3.14. The Balaban J connectivity index is 1.72. The summed E-state index contributed by atoms with van der Waals surface area (Å²) in [6.07, 6.45) is 2.38. The van der Waals surface area contributed by atoms with E-state index in [-0.39, 0.29) is 17.0 Å². The van der Waals surface area contributed by atoms with Gasteiger partial charge in [0.1, 0.15) is 5.56 Å². The van der Waals surface area contributed by atoms with Crippen LogP contribution < -0.4 is 10.9 Å². The fourth-order valence-corrected chi connectivity index (χ4v) is 3.95. The quantitative estimate of drug-likeness (QED) is 0.874. The first-order chi connectivity index (χ1) is 10.2. The number of aryl methyl sites for hydroxylation is 1. The summed E-state index contributed by atoms with van der Waals surface area (Å²) in [6, 6.07) is 4.07. The van der Waals surface area contributed by atoms with E-state index in [9.17, 15) is 9.59 Å². The van der Waals surface area contributed by atoms with E-state index in [4.69, 9.17) is 0 Å². The van der Waals surface area contributed by atoms with Crippen molar-refractivity contribution in [2.45, 2.75) is 31.6 Å². The minimum Gasteiger partial charge on any atom is -0.347 e. The predicted molar refractivity (Wildman–Crippen MR) is 84.1 cm³/mol. The maximum Gasteiger partial charge on any atom is 0.267 e. The Morgan fingerprint density at radius 1 is 1.43 bits per heavy atom. The highest BCUT2D eigenvalue weighted by Crippen LogP contribution is 2.20. The van der Waals surface area contributed by atoms with Crippen molar-refractivity contribution in [1.82, 2.24) is 14.9 Å². The zero-order valence-corrected chi connectivity index (χ0v) is 13.2. The predicted octanol–water partition coefficient (Wildman–Crippen LogP) is 1.90. The van der Waals surface area contributed by atoms with Crippen LogP contribution in [0.3, 0.4) is 0 Å². The first-order valence-corrected chi connectivity index (χ1v) is 8.57. The molecule has 0 atom stereocenters. The van der Waals surface area contributed by atoms with Gasteiger partial charge in [-0.1, -0.05) is 18.7 Å². The summed E-state index contributed by atoms with van der Waals surface area (Å²) in [7, 11) is 0. The van der Waals surface area contributed by atoms with E-state index in [0.717, 1.165) is 17.1 Å². The number of aromatic nitrogens is 2. The topological polar surface area (TPSA) is 64.0 Å². The van der Waals surface area contributed by atoms with Crippen LogP contribution in [0.5, 0.6) is 0 Å². The summed E-state index contributed by atoms with van der Waals surface area (Å²) < 4.78 is 1.57. The molecule has 1 aliphatic heterocycles. The van der Waals surface area contributed by atoms with Crippen molar-refractivity contribution in [3.8, 4) is 0 Å². The molecule has 0 saturated heterocycles. The van der Waals surface area contributed by atoms with Gasteiger partial charge in [0.05, 0.1) is 6.54 Å².